The van der Waals surface area contributed by atoms with E-state index in [1.54, 1.807) is 47.5 Å². The zero-order chi connectivity index (χ0) is 14.4. The Labute approximate surface area is 127 Å². The highest BCUT2D eigenvalue weighted by Crippen LogP contribution is 2.22. The summed E-state index contributed by atoms with van der Waals surface area (Å²) in [5, 5.41) is 5.15. The molecule has 0 spiro atoms. The molecule has 0 radical (unpaired) electrons. The molecule has 0 aliphatic rings. The van der Waals surface area contributed by atoms with Crippen LogP contribution in [-0.4, -0.2) is 32.0 Å². The van der Waals surface area contributed by atoms with Gasteiger partial charge < -0.3 is 5.32 Å². The number of thioether (sulfide) groups is 1. The maximum Gasteiger partial charge on any atom is 0.177 e. The third-order valence-electron chi connectivity index (χ3n) is 2.56. The molecule has 0 atom stereocenters. The number of para-hydroxylation sites is 1. The molecule has 0 bridgehead atoms. The second-order valence-corrected chi connectivity index (χ2v) is 8.42. The van der Waals surface area contributed by atoms with E-state index >= 15 is 0 Å². The van der Waals surface area contributed by atoms with Crippen molar-refractivity contribution in [3.05, 3.63) is 35.8 Å². The zero-order valence-corrected chi connectivity index (χ0v) is 13.5. The van der Waals surface area contributed by atoms with Gasteiger partial charge in [0.25, 0.3) is 0 Å². The topological polar surface area (TPSA) is 59.1 Å². The first kappa shape index (κ1) is 15.3. The monoisotopic (exact) mass is 328 g/mol. The van der Waals surface area contributed by atoms with E-state index in [1.807, 2.05) is 11.4 Å². The minimum absolute atomic E-state index is 0.354. The Bertz CT molecular complexity index is 639. The van der Waals surface area contributed by atoms with Crippen molar-refractivity contribution in [2.24, 2.45) is 0 Å². The molecule has 0 saturated carbocycles. The lowest BCUT2D eigenvalue weighted by molar-refractivity contribution is 0.602. The number of anilines is 1. The van der Waals surface area contributed by atoms with E-state index < -0.39 is 9.84 Å². The molecule has 0 aliphatic carbocycles. The van der Waals surface area contributed by atoms with E-state index in [9.17, 15) is 8.42 Å². The summed E-state index contributed by atoms with van der Waals surface area (Å²) < 4.78 is 24.4. The lowest BCUT2D eigenvalue weighted by Gasteiger charge is -2.10. The van der Waals surface area contributed by atoms with Crippen molar-refractivity contribution in [3.8, 4) is 0 Å². The molecule has 1 heterocycles. The average molecular weight is 328 g/mol. The SMILES string of the molecule is CS(=O)(=O)c1ccccc1NCCCSc1nccs1. The van der Waals surface area contributed by atoms with Crippen molar-refractivity contribution in [1.29, 1.82) is 0 Å². The minimum Gasteiger partial charge on any atom is -0.384 e. The van der Waals surface area contributed by atoms with Crippen molar-refractivity contribution < 1.29 is 8.42 Å². The van der Waals surface area contributed by atoms with Gasteiger partial charge in [-0.3, -0.25) is 0 Å². The summed E-state index contributed by atoms with van der Waals surface area (Å²) in [7, 11) is -3.19. The van der Waals surface area contributed by atoms with Crippen LogP contribution in [0.3, 0.4) is 0 Å². The predicted molar refractivity (Wildman–Crippen MR) is 85.5 cm³/mol. The lowest BCUT2D eigenvalue weighted by Crippen LogP contribution is -2.07. The van der Waals surface area contributed by atoms with E-state index in [1.165, 1.54) is 6.26 Å². The van der Waals surface area contributed by atoms with Crippen LogP contribution in [0.4, 0.5) is 5.69 Å². The number of aromatic nitrogens is 1. The molecular weight excluding hydrogens is 312 g/mol. The number of nitrogens with zero attached hydrogens (tertiary/aromatic N) is 1. The van der Waals surface area contributed by atoms with Crippen LogP contribution in [0.1, 0.15) is 6.42 Å². The Morgan fingerprint density at radius 2 is 2.15 bits per heavy atom. The lowest BCUT2D eigenvalue weighted by atomic mass is 10.3. The molecule has 2 aromatic rings. The maximum absolute atomic E-state index is 11.6. The van der Waals surface area contributed by atoms with Crippen molar-refractivity contribution in [3.63, 3.8) is 0 Å². The van der Waals surface area contributed by atoms with Gasteiger partial charge in [-0.1, -0.05) is 23.9 Å². The van der Waals surface area contributed by atoms with Gasteiger partial charge in [-0.05, 0) is 18.6 Å². The first-order chi connectivity index (χ1) is 9.57. The summed E-state index contributed by atoms with van der Waals surface area (Å²) in [5.74, 6) is 0.960. The van der Waals surface area contributed by atoms with Gasteiger partial charge in [0.1, 0.15) is 4.34 Å². The Morgan fingerprint density at radius 1 is 1.35 bits per heavy atom. The van der Waals surface area contributed by atoms with E-state index in [2.05, 4.69) is 10.3 Å². The largest absolute Gasteiger partial charge is 0.384 e. The second kappa shape index (κ2) is 7.10. The fourth-order valence-corrected chi connectivity index (χ4v) is 4.19. The van der Waals surface area contributed by atoms with Crippen molar-refractivity contribution in [1.82, 2.24) is 4.98 Å². The highest BCUT2D eigenvalue weighted by molar-refractivity contribution is 8.01. The zero-order valence-electron chi connectivity index (χ0n) is 11.1. The number of benzene rings is 1. The maximum atomic E-state index is 11.6. The van der Waals surface area contributed by atoms with Crippen LogP contribution in [0.15, 0.2) is 45.1 Å². The summed E-state index contributed by atoms with van der Waals surface area (Å²) in [6.45, 7) is 0.741. The first-order valence-electron chi connectivity index (χ1n) is 6.12. The van der Waals surface area contributed by atoms with Crippen molar-refractivity contribution >= 4 is 38.6 Å². The summed E-state index contributed by atoms with van der Waals surface area (Å²) >= 11 is 3.36. The standard InChI is InChI=1S/C13H16N2O2S3/c1-20(16,17)12-6-3-2-5-11(12)14-7-4-9-18-13-15-8-10-19-13/h2-3,5-6,8,10,14H,4,7,9H2,1H3. The van der Waals surface area contributed by atoms with Crippen LogP contribution in [0.25, 0.3) is 0 Å². The number of hydrogen-bond acceptors (Lipinski definition) is 6. The number of nitrogens with one attached hydrogen (secondary N) is 1. The summed E-state index contributed by atoms with van der Waals surface area (Å²) in [4.78, 5) is 4.55. The molecule has 0 aliphatic heterocycles. The normalized spacial score (nSPS) is 11.4. The number of rotatable bonds is 7. The third-order valence-corrected chi connectivity index (χ3v) is 5.77. The molecule has 1 aromatic heterocycles. The van der Waals surface area contributed by atoms with E-state index in [0.717, 1.165) is 23.1 Å². The van der Waals surface area contributed by atoms with Gasteiger partial charge in [0.2, 0.25) is 0 Å². The van der Waals surface area contributed by atoms with Gasteiger partial charge in [-0.15, -0.1) is 11.3 Å². The van der Waals surface area contributed by atoms with Crippen LogP contribution in [-0.2, 0) is 9.84 Å². The quantitative estimate of drug-likeness (QED) is 0.625. The molecule has 1 aromatic carbocycles. The Morgan fingerprint density at radius 3 is 2.85 bits per heavy atom. The van der Waals surface area contributed by atoms with Crippen LogP contribution >= 0.6 is 23.1 Å². The van der Waals surface area contributed by atoms with E-state index in [4.69, 9.17) is 0 Å². The number of thiazole rings is 1. The molecule has 2 rings (SSSR count). The van der Waals surface area contributed by atoms with Gasteiger partial charge in [-0.25, -0.2) is 13.4 Å². The Balaban J connectivity index is 1.82. The van der Waals surface area contributed by atoms with Crippen molar-refractivity contribution in [2.45, 2.75) is 15.7 Å². The van der Waals surface area contributed by atoms with Gasteiger partial charge in [0, 0.05) is 30.1 Å². The molecule has 4 nitrogen and oxygen atoms in total. The highest BCUT2D eigenvalue weighted by Gasteiger charge is 2.11. The molecule has 0 unspecified atom stereocenters. The first-order valence-corrected chi connectivity index (χ1v) is 9.88. The van der Waals surface area contributed by atoms with Crippen molar-refractivity contribution in [2.75, 3.05) is 23.9 Å². The Kier molecular flexibility index (Phi) is 5.45. The fraction of sp³-hybridized carbons (Fsp3) is 0.308. The molecule has 1 N–H and O–H groups in total. The molecule has 0 fully saturated rings. The van der Waals surface area contributed by atoms with Gasteiger partial charge in [0.15, 0.2) is 9.84 Å². The van der Waals surface area contributed by atoms with E-state index in [-0.39, 0.29) is 0 Å². The summed E-state index contributed by atoms with van der Waals surface area (Å²) in [6, 6.07) is 6.99. The van der Waals surface area contributed by atoms with Crippen LogP contribution in [0, 0.1) is 0 Å². The Hall–Kier alpha value is -1.05. The third kappa shape index (κ3) is 4.50. The van der Waals surface area contributed by atoms with Gasteiger partial charge in [-0.2, -0.15) is 0 Å². The molecule has 20 heavy (non-hydrogen) atoms. The molecule has 108 valence electrons. The molecule has 7 heteroatoms. The summed E-state index contributed by atoms with van der Waals surface area (Å²) in [6.07, 6.45) is 3.97. The van der Waals surface area contributed by atoms with Crippen LogP contribution in [0.5, 0.6) is 0 Å². The molecule has 0 saturated heterocycles. The van der Waals surface area contributed by atoms with Crippen LogP contribution in [0.2, 0.25) is 0 Å². The van der Waals surface area contributed by atoms with Crippen LogP contribution < -0.4 is 5.32 Å². The molecular formula is C13H16N2O2S3. The second-order valence-electron chi connectivity index (χ2n) is 4.20. The number of hydrogen-bond donors (Lipinski definition) is 1. The van der Waals surface area contributed by atoms with Gasteiger partial charge in [0.05, 0.1) is 10.6 Å². The number of sulfone groups is 1. The molecule has 0 amide bonds. The summed E-state index contributed by atoms with van der Waals surface area (Å²) in [5.41, 5.74) is 0.675. The predicted octanol–water partition coefficient (Wildman–Crippen LogP) is 3.14. The minimum atomic E-state index is -3.19. The van der Waals surface area contributed by atoms with Gasteiger partial charge >= 0.3 is 0 Å². The highest BCUT2D eigenvalue weighted by atomic mass is 32.2. The average Bonchev–Trinajstić information content (AvgIpc) is 2.91. The fourth-order valence-electron chi connectivity index (χ4n) is 1.67. The smallest absolute Gasteiger partial charge is 0.177 e. The van der Waals surface area contributed by atoms with E-state index in [0.29, 0.717) is 10.6 Å².